The molecule has 0 aliphatic carbocycles. The van der Waals surface area contributed by atoms with Gasteiger partial charge in [0.15, 0.2) is 0 Å². The predicted octanol–water partition coefficient (Wildman–Crippen LogP) is 8.88. The van der Waals surface area contributed by atoms with E-state index in [0.717, 1.165) is 16.7 Å². The van der Waals surface area contributed by atoms with Crippen LogP contribution in [0.1, 0.15) is 16.7 Å². The lowest BCUT2D eigenvalue weighted by Crippen LogP contribution is -2.04. The lowest BCUT2D eigenvalue weighted by Gasteiger charge is -2.12. The summed E-state index contributed by atoms with van der Waals surface area (Å²) in [4.78, 5) is 12.2. The van der Waals surface area contributed by atoms with Crippen LogP contribution in [-0.2, 0) is 17.3 Å². The summed E-state index contributed by atoms with van der Waals surface area (Å²) in [7, 11) is 0. The first-order valence-electron chi connectivity index (χ1n) is 9.99. The Bertz CT molecular complexity index is 1060. The highest BCUT2D eigenvalue weighted by Crippen LogP contribution is 2.43. The van der Waals surface area contributed by atoms with E-state index in [1.807, 2.05) is 91.0 Å². The predicted molar refractivity (Wildman–Crippen MR) is 146 cm³/mol. The molecule has 3 aromatic rings. The summed E-state index contributed by atoms with van der Waals surface area (Å²) >= 11 is 16.5. The van der Waals surface area contributed by atoms with E-state index in [-0.39, 0.29) is 20.0 Å². The smallest absolute Gasteiger partial charge is 0.258 e. The maximum Gasteiger partial charge on any atom is 0.305 e. The number of nitro groups is 1. The number of thioether (sulfide) groups is 3. The van der Waals surface area contributed by atoms with Crippen molar-refractivity contribution in [2.45, 2.75) is 17.3 Å². The summed E-state index contributed by atoms with van der Waals surface area (Å²) in [5.41, 5.74) is 3.16. The Morgan fingerprint density at radius 1 is 0.667 bits per heavy atom. The van der Waals surface area contributed by atoms with E-state index in [2.05, 4.69) is 0 Å². The van der Waals surface area contributed by atoms with E-state index in [1.165, 1.54) is 35.3 Å². The number of nitrogens with zero attached hydrogens (tertiary/aromatic N) is 1. The van der Waals surface area contributed by atoms with E-state index in [1.54, 1.807) is 0 Å². The van der Waals surface area contributed by atoms with Crippen molar-refractivity contribution < 1.29 is 4.92 Å². The molecule has 33 heavy (non-hydrogen) atoms. The van der Waals surface area contributed by atoms with Gasteiger partial charge < -0.3 is 0 Å². The quantitative estimate of drug-likeness (QED) is 0.140. The fourth-order valence-corrected chi connectivity index (χ4v) is 6.67. The molecule has 8 heteroatoms. The van der Waals surface area contributed by atoms with Crippen LogP contribution in [0.5, 0.6) is 0 Å². The van der Waals surface area contributed by atoms with Crippen molar-refractivity contribution in [2.24, 2.45) is 0 Å². The molecule has 0 amide bonds. The summed E-state index contributed by atoms with van der Waals surface area (Å²) in [5.74, 6) is 1.73. The molecular formula is C25H21Cl2NO2S3. The minimum absolute atomic E-state index is 0.0437. The molecule has 0 unspecified atom stereocenters. The molecule has 170 valence electrons. The largest absolute Gasteiger partial charge is 0.305 e. The second kappa shape index (κ2) is 13.8. The van der Waals surface area contributed by atoms with Crippen molar-refractivity contribution in [3.8, 4) is 0 Å². The third-order valence-corrected chi connectivity index (χ3v) is 8.75. The average Bonchev–Trinajstić information content (AvgIpc) is 2.84. The maximum atomic E-state index is 12.3. The first-order chi connectivity index (χ1) is 16.0. The fourth-order valence-electron chi connectivity index (χ4n) is 2.82. The normalized spacial score (nSPS) is 10.5. The number of halogens is 2. The molecule has 0 saturated heterocycles. The molecule has 0 radical (unpaired) electrons. The van der Waals surface area contributed by atoms with Crippen LogP contribution in [0, 0.1) is 10.1 Å². The van der Waals surface area contributed by atoms with E-state index < -0.39 is 0 Å². The van der Waals surface area contributed by atoms with Gasteiger partial charge in [-0.05, 0) is 16.7 Å². The van der Waals surface area contributed by atoms with Gasteiger partial charge in [-0.25, -0.2) is 0 Å². The highest BCUT2D eigenvalue weighted by atomic mass is 35.5. The van der Waals surface area contributed by atoms with Gasteiger partial charge in [0.25, 0.3) is 0 Å². The summed E-state index contributed by atoms with van der Waals surface area (Å²) < 4.78 is 0.489. The van der Waals surface area contributed by atoms with Crippen molar-refractivity contribution in [3.05, 3.63) is 137 Å². The molecule has 0 fully saturated rings. The lowest BCUT2D eigenvalue weighted by atomic mass is 10.2. The molecule has 0 bridgehead atoms. The van der Waals surface area contributed by atoms with Crippen molar-refractivity contribution in [1.29, 1.82) is 0 Å². The van der Waals surface area contributed by atoms with Crippen LogP contribution in [-0.4, -0.2) is 4.92 Å². The maximum absolute atomic E-state index is 12.3. The monoisotopic (exact) mass is 533 g/mol. The van der Waals surface area contributed by atoms with Crippen molar-refractivity contribution >= 4 is 58.5 Å². The van der Waals surface area contributed by atoms with Gasteiger partial charge in [-0.15, -0.1) is 35.3 Å². The van der Waals surface area contributed by atoms with Crippen LogP contribution >= 0.6 is 58.5 Å². The second-order valence-corrected chi connectivity index (χ2v) is 11.0. The highest BCUT2D eigenvalue weighted by Gasteiger charge is 2.28. The van der Waals surface area contributed by atoms with Crippen molar-refractivity contribution in [2.75, 3.05) is 0 Å². The molecule has 0 heterocycles. The molecule has 0 saturated carbocycles. The van der Waals surface area contributed by atoms with Gasteiger partial charge in [-0.2, -0.15) is 0 Å². The zero-order valence-corrected chi connectivity index (χ0v) is 21.5. The van der Waals surface area contributed by atoms with E-state index in [0.29, 0.717) is 21.5 Å². The fraction of sp³-hybridized carbons (Fsp3) is 0.120. The van der Waals surface area contributed by atoms with Crippen LogP contribution in [0.25, 0.3) is 0 Å². The molecular weight excluding hydrogens is 513 g/mol. The van der Waals surface area contributed by atoms with Gasteiger partial charge >= 0.3 is 5.70 Å². The Morgan fingerprint density at radius 3 is 1.36 bits per heavy atom. The SMILES string of the molecule is O=[N+]([O-])C(=C(SCc1ccccc1)SCc1ccccc1)C(SCc1ccccc1)=C(Cl)Cl. The molecule has 3 aromatic carbocycles. The Kier molecular flexibility index (Phi) is 10.8. The standard InChI is InChI=1S/C25H21Cl2NO2S3/c26-24(27)23(31-16-19-10-4-1-5-11-19)22(28(29)30)25(32-17-20-12-6-2-7-13-20)33-18-21-14-8-3-9-15-21/h1-15H,16-18H2. The van der Waals surface area contributed by atoms with Gasteiger partial charge in [-0.3, -0.25) is 10.1 Å². The van der Waals surface area contributed by atoms with Crippen molar-refractivity contribution in [3.63, 3.8) is 0 Å². The molecule has 3 nitrogen and oxygen atoms in total. The van der Waals surface area contributed by atoms with E-state index in [9.17, 15) is 10.1 Å². The third kappa shape index (κ3) is 8.47. The molecule has 0 aliphatic heterocycles. The number of hydrogen-bond donors (Lipinski definition) is 0. The van der Waals surface area contributed by atoms with Crippen LogP contribution in [0.4, 0.5) is 0 Å². The van der Waals surface area contributed by atoms with E-state index in [4.69, 9.17) is 23.2 Å². The molecule has 0 N–H and O–H groups in total. The molecule has 0 spiro atoms. The average molecular weight is 535 g/mol. The Morgan fingerprint density at radius 2 is 1.03 bits per heavy atom. The number of rotatable bonds is 11. The van der Waals surface area contributed by atoms with Crippen LogP contribution < -0.4 is 0 Å². The Hall–Kier alpha value is -1.83. The summed E-state index contributed by atoms with van der Waals surface area (Å²) in [6, 6.07) is 29.5. The van der Waals surface area contributed by atoms with Gasteiger partial charge in [-0.1, -0.05) is 114 Å². The van der Waals surface area contributed by atoms with Crippen LogP contribution in [0.3, 0.4) is 0 Å². The number of benzene rings is 3. The molecule has 0 aliphatic rings. The zero-order chi connectivity index (χ0) is 23.5. The van der Waals surface area contributed by atoms with Crippen LogP contribution in [0.2, 0.25) is 0 Å². The third-order valence-electron chi connectivity index (χ3n) is 4.41. The summed E-state index contributed by atoms with van der Waals surface area (Å²) in [5, 5.41) is 12.3. The van der Waals surface area contributed by atoms with Gasteiger partial charge in [0.2, 0.25) is 0 Å². The topological polar surface area (TPSA) is 43.1 Å². The second-order valence-electron chi connectivity index (χ2n) is 6.81. The lowest BCUT2D eigenvalue weighted by molar-refractivity contribution is -0.419. The zero-order valence-electron chi connectivity index (χ0n) is 17.5. The Balaban J connectivity index is 1.92. The summed E-state index contributed by atoms with van der Waals surface area (Å²) in [6.45, 7) is 0. The van der Waals surface area contributed by atoms with E-state index >= 15 is 0 Å². The van der Waals surface area contributed by atoms with Gasteiger partial charge in [0, 0.05) is 17.3 Å². The van der Waals surface area contributed by atoms with Crippen molar-refractivity contribution in [1.82, 2.24) is 0 Å². The summed E-state index contributed by atoms with van der Waals surface area (Å²) in [6.07, 6.45) is 0. The first kappa shape index (κ1) is 25.8. The first-order valence-corrected chi connectivity index (χ1v) is 13.7. The molecule has 3 rings (SSSR count). The van der Waals surface area contributed by atoms with Crippen LogP contribution in [0.15, 0.2) is 110 Å². The Labute approximate surface area is 216 Å². The minimum Gasteiger partial charge on any atom is -0.258 e. The minimum atomic E-state index is -0.372. The highest BCUT2D eigenvalue weighted by molar-refractivity contribution is 8.21. The van der Waals surface area contributed by atoms with Gasteiger partial charge in [0.1, 0.15) is 13.6 Å². The molecule has 0 aromatic heterocycles. The molecule has 0 atom stereocenters. The number of hydrogen-bond acceptors (Lipinski definition) is 5. The van der Waals surface area contributed by atoms with Gasteiger partial charge in [0.05, 0.1) is 4.92 Å².